The Balaban J connectivity index is 2.75. The second-order valence-electron chi connectivity index (χ2n) is 4.43. The SMILES string of the molecule is CC(C)CN1C=NN(C(C)C)C1[N+](=O)[O-]. The standard InChI is InChI=1S/C9H18N4O2/c1-7(2)5-11-6-10-12(8(3)4)9(11)13(14)15/h6-9H,5H2,1-4H3. The van der Waals surface area contributed by atoms with Crippen LogP contribution in [0.15, 0.2) is 5.10 Å². The van der Waals surface area contributed by atoms with Gasteiger partial charge in [0.25, 0.3) is 0 Å². The van der Waals surface area contributed by atoms with E-state index in [2.05, 4.69) is 5.10 Å². The average molecular weight is 214 g/mol. The third-order valence-electron chi connectivity index (χ3n) is 2.16. The van der Waals surface area contributed by atoms with Gasteiger partial charge in [-0.25, -0.2) is 5.01 Å². The molecule has 1 heterocycles. The highest BCUT2D eigenvalue weighted by molar-refractivity contribution is 5.56. The Hall–Kier alpha value is -1.33. The molecule has 1 aliphatic rings. The second kappa shape index (κ2) is 4.46. The summed E-state index contributed by atoms with van der Waals surface area (Å²) in [5.74, 6) is 0.381. The predicted molar refractivity (Wildman–Crippen MR) is 57.8 cm³/mol. The minimum Gasteiger partial charge on any atom is -0.279 e. The van der Waals surface area contributed by atoms with Gasteiger partial charge in [0.2, 0.25) is 0 Å². The lowest BCUT2D eigenvalue weighted by atomic mass is 10.2. The zero-order valence-corrected chi connectivity index (χ0v) is 9.62. The molecular formula is C9H18N4O2. The van der Waals surface area contributed by atoms with Crippen molar-refractivity contribution in [1.82, 2.24) is 9.91 Å². The van der Waals surface area contributed by atoms with E-state index in [9.17, 15) is 10.1 Å². The van der Waals surface area contributed by atoms with Crippen LogP contribution in [0.3, 0.4) is 0 Å². The van der Waals surface area contributed by atoms with E-state index in [0.29, 0.717) is 12.5 Å². The Kier molecular flexibility index (Phi) is 3.49. The Morgan fingerprint density at radius 2 is 2.07 bits per heavy atom. The summed E-state index contributed by atoms with van der Waals surface area (Å²) in [6, 6.07) is 0.0359. The van der Waals surface area contributed by atoms with Crippen molar-refractivity contribution in [3.63, 3.8) is 0 Å². The fourth-order valence-electron chi connectivity index (χ4n) is 1.58. The van der Waals surface area contributed by atoms with Crippen LogP contribution in [-0.4, -0.2) is 40.0 Å². The molecule has 6 nitrogen and oxygen atoms in total. The third kappa shape index (κ3) is 2.57. The molecule has 0 aromatic rings. The smallest absolute Gasteiger partial charge is 0.279 e. The number of nitrogens with zero attached hydrogens (tertiary/aromatic N) is 4. The molecule has 86 valence electrons. The molecule has 0 N–H and O–H groups in total. The van der Waals surface area contributed by atoms with Crippen molar-refractivity contribution in [3.8, 4) is 0 Å². The molecule has 0 bridgehead atoms. The lowest BCUT2D eigenvalue weighted by Crippen LogP contribution is -2.48. The zero-order valence-electron chi connectivity index (χ0n) is 9.62. The van der Waals surface area contributed by atoms with E-state index in [4.69, 9.17) is 0 Å². The molecule has 0 aromatic carbocycles. The molecule has 0 aliphatic carbocycles. The minimum absolute atomic E-state index is 0.0359. The van der Waals surface area contributed by atoms with Crippen molar-refractivity contribution < 1.29 is 4.92 Å². The number of rotatable bonds is 4. The Labute approximate surface area is 89.7 Å². The molecule has 0 amide bonds. The van der Waals surface area contributed by atoms with Crippen LogP contribution in [0.25, 0.3) is 0 Å². The summed E-state index contributed by atoms with van der Waals surface area (Å²) < 4.78 is 0. The highest BCUT2D eigenvalue weighted by Gasteiger charge is 2.39. The molecule has 1 unspecified atom stereocenters. The molecule has 0 spiro atoms. The fraction of sp³-hybridized carbons (Fsp3) is 0.889. The van der Waals surface area contributed by atoms with Crippen LogP contribution in [0.1, 0.15) is 27.7 Å². The number of hydrogen-bond acceptors (Lipinski definition) is 5. The summed E-state index contributed by atoms with van der Waals surface area (Å²) in [7, 11) is 0. The van der Waals surface area contributed by atoms with Crippen molar-refractivity contribution in [2.45, 2.75) is 40.0 Å². The fourth-order valence-corrected chi connectivity index (χ4v) is 1.58. The molecule has 1 atom stereocenters. The first-order valence-electron chi connectivity index (χ1n) is 5.15. The van der Waals surface area contributed by atoms with Crippen molar-refractivity contribution in [3.05, 3.63) is 10.1 Å². The van der Waals surface area contributed by atoms with E-state index in [-0.39, 0.29) is 11.0 Å². The van der Waals surface area contributed by atoms with Crippen LogP contribution in [-0.2, 0) is 0 Å². The summed E-state index contributed by atoms with van der Waals surface area (Å²) in [5.41, 5.74) is 0. The van der Waals surface area contributed by atoms with E-state index in [0.717, 1.165) is 0 Å². The maximum absolute atomic E-state index is 11.0. The quantitative estimate of drug-likeness (QED) is 0.520. The van der Waals surface area contributed by atoms with Crippen LogP contribution in [0, 0.1) is 16.0 Å². The number of hydrogen-bond donors (Lipinski definition) is 0. The molecule has 1 rings (SSSR count). The van der Waals surface area contributed by atoms with Gasteiger partial charge in [-0.3, -0.25) is 15.0 Å². The average Bonchev–Trinajstić information content (AvgIpc) is 2.46. The van der Waals surface area contributed by atoms with E-state index >= 15 is 0 Å². The molecular weight excluding hydrogens is 196 g/mol. The Bertz CT molecular complexity index is 265. The lowest BCUT2D eigenvalue weighted by molar-refractivity contribution is -0.572. The zero-order chi connectivity index (χ0) is 11.6. The highest BCUT2D eigenvalue weighted by atomic mass is 16.6. The normalized spacial score (nSPS) is 20.8. The van der Waals surface area contributed by atoms with Crippen LogP contribution in [0.2, 0.25) is 0 Å². The van der Waals surface area contributed by atoms with Crippen molar-refractivity contribution >= 4 is 6.34 Å². The van der Waals surface area contributed by atoms with Gasteiger partial charge in [-0.1, -0.05) is 13.8 Å². The van der Waals surface area contributed by atoms with E-state index in [1.54, 1.807) is 11.2 Å². The molecule has 0 radical (unpaired) electrons. The summed E-state index contributed by atoms with van der Waals surface area (Å²) in [4.78, 5) is 12.3. The van der Waals surface area contributed by atoms with Gasteiger partial charge >= 0.3 is 6.29 Å². The van der Waals surface area contributed by atoms with Crippen LogP contribution in [0.5, 0.6) is 0 Å². The predicted octanol–water partition coefficient (Wildman–Crippen LogP) is 1.17. The van der Waals surface area contributed by atoms with Crippen LogP contribution >= 0.6 is 0 Å². The van der Waals surface area contributed by atoms with Gasteiger partial charge < -0.3 is 0 Å². The van der Waals surface area contributed by atoms with Gasteiger partial charge in [-0.15, -0.1) is 0 Å². The van der Waals surface area contributed by atoms with Crippen LogP contribution < -0.4 is 0 Å². The minimum atomic E-state index is -0.840. The topological polar surface area (TPSA) is 62.0 Å². The van der Waals surface area contributed by atoms with Gasteiger partial charge in [0.15, 0.2) is 0 Å². The molecule has 1 aliphatic heterocycles. The highest BCUT2D eigenvalue weighted by Crippen LogP contribution is 2.17. The largest absolute Gasteiger partial charge is 0.384 e. The number of hydrazone groups is 1. The lowest BCUT2D eigenvalue weighted by Gasteiger charge is -2.26. The van der Waals surface area contributed by atoms with E-state index in [1.165, 1.54) is 5.01 Å². The third-order valence-corrected chi connectivity index (χ3v) is 2.16. The Morgan fingerprint density at radius 1 is 1.47 bits per heavy atom. The van der Waals surface area contributed by atoms with Crippen molar-refractivity contribution in [2.75, 3.05) is 6.54 Å². The second-order valence-corrected chi connectivity index (χ2v) is 4.43. The first-order chi connectivity index (χ1) is 6.93. The molecule has 0 saturated heterocycles. The maximum Gasteiger partial charge on any atom is 0.384 e. The van der Waals surface area contributed by atoms with E-state index in [1.807, 2.05) is 27.7 Å². The van der Waals surface area contributed by atoms with Gasteiger partial charge in [-0.05, 0) is 19.8 Å². The van der Waals surface area contributed by atoms with E-state index < -0.39 is 6.29 Å². The number of nitro groups is 1. The molecule has 0 fully saturated rings. The molecule has 0 saturated carbocycles. The van der Waals surface area contributed by atoms with Gasteiger partial charge in [-0.2, -0.15) is 5.10 Å². The Morgan fingerprint density at radius 3 is 2.47 bits per heavy atom. The summed E-state index contributed by atoms with van der Waals surface area (Å²) in [6.07, 6.45) is 0.723. The summed E-state index contributed by atoms with van der Waals surface area (Å²) >= 11 is 0. The maximum atomic E-state index is 11.0. The summed E-state index contributed by atoms with van der Waals surface area (Å²) in [5, 5.41) is 16.5. The van der Waals surface area contributed by atoms with Crippen LogP contribution in [0.4, 0.5) is 0 Å². The monoisotopic (exact) mass is 214 g/mol. The first kappa shape index (κ1) is 11.7. The molecule has 15 heavy (non-hydrogen) atoms. The van der Waals surface area contributed by atoms with Gasteiger partial charge in [0, 0.05) is 6.54 Å². The molecule has 6 heteroatoms. The molecule has 0 aromatic heterocycles. The summed E-state index contributed by atoms with van der Waals surface area (Å²) in [6.45, 7) is 8.50. The first-order valence-corrected chi connectivity index (χ1v) is 5.15. The van der Waals surface area contributed by atoms with Crippen molar-refractivity contribution in [1.29, 1.82) is 0 Å². The van der Waals surface area contributed by atoms with Crippen molar-refractivity contribution in [2.24, 2.45) is 11.0 Å². The van der Waals surface area contributed by atoms with Gasteiger partial charge in [0.05, 0.1) is 11.0 Å². The van der Waals surface area contributed by atoms with Gasteiger partial charge in [0.1, 0.15) is 6.34 Å².